The highest BCUT2D eigenvalue weighted by molar-refractivity contribution is 5.83. The summed E-state index contributed by atoms with van der Waals surface area (Å²) < 4.78 is 17.2. The Labute approximate surface area is 147 Å². The van der Waals surface area contributed by atoms with Gasteiger partial charge in [-0.15, -0.1) is 0 Å². The molecule has 0 aliphatic heterocycles. The van der Waals surface area contributed by atoms with E-state index in [9.17, 15) is 4.39 Å². The molecule has 0 fully saturated rings. The van der Waals surface area contributed by atoms with E-state index in [-0.39, 0.29) is 5.82 Å². The first-order valence-electron chi connectivity index (χ1n) is 8.02. The number of pyridine rings is 1. The summed E-state index contributed by atoms with van der Waals surface area (Å²) in [5, 5.41) is 0. The van der Waals surface area contributed by atoms with Gasteiger partial charge in [-0.1, -0.05) is 0 Å². The maximum absolute atomic E-state index is 13.4. The van der Waals surface area contributed by atoms with Gasteiger partial charge in [0.1, 0.15) is 11.5 Å². The predicted octanol–water partition coefficient (Wildman–Crippen LogP) is 3.43. The monoisotopic (exact) mass is 344 g/mol. The van der Waals surface area contributed by atoms with Crippen LogP contribution in [0.4, 0.5) is 10.2 Å². The van der Waals surface area contributed by atoms with E-state index in [1.165, 1.54) is 12.1 Å². The molecule has 4 aromatic heterocycles. The van der Waals surface area contributed by atoms with E-state index in [1.807, 2.05) is 39.5 Å². The lowest BCUT2D eigenvalue weighted by molar-refractivity contribution is 0.628. The maximum Gasteiger partial charge on any atom is 0.180 e. The molecule has 0 bridgehead atoms. The van der Waals surface area contributed by atoms with Crippen LogP contribution in [0.3, 0.4) is 0 Å². The van der Waals surface area contributed by atoms with Crippen LogP contribution in [0.2, 0.25) is 0 Å². The Morgan fingerprint density at radius 3 is 2.50 bits per heavy atom. The molecule has 5 rings (SSSR count). The molecule has 5 aromatic rings. The molecule has 4 heterocycles. The van der Waals surface area contributed by atoms with Crippen LogP contribution in [0.25, 0.3) is 33.8 Å². The third-order valence-electron chi connectivity index (χ3n) is 4.35. The van der Waals surface area contributed by atoms with Crippen molar-refractivity contribution in [2.24, 2.45) is 0 Å². The van der Waals surface area contributed by atoms with Gasteiger partial charge < -0.3 is 10.1 Å². The molecule has 0 spiro atoms. The van der Waals surface area contributed by atoms with Gasteiger partial charge in [-0.05, 0) is 36.4 Å². The van der Waals surface area contributed by atoms with Crippen LogP contribution >= 0.6 is 0 Å². The van der Waals surface area contributed by atoms with Gasteiger partial charge in [-0.25, -0.2) is 19.3 Å². The van der Waals surface area contributed by atoms with Crippen molar-refractivity contribution >= 4 is 17.1 Å². The van der Waals surface area contributed by atoms with Crippen molar-refractivity contribution in [3.63, 3.8) is 0 Å². The zero-order valence-corrected chi connectivity index (χ0v) is 13.5. The van der Waals surface area contributed by atoms with Crippen LogP contribution < -0.4 is 5.73 Å². The summed E-state index contributed by atoms with van der Waals surface area (Å²) in [4.78, 5) is 13.1. The number of fused-ring (bicyclic) bond motifs is 2. The zero-order valence-electron chi connectivity index (χ0n) is 13.5. The van der Waals surface area contributed by atoms with E-state index >= 15 is 0 Å². The van der Waals surface area contributed by atoms with Gasteiger partial charge in [-0.3, -0.25) is 4.40 Å². The molecule has 126 valence electrons. The number of benzene rings is 1. The van der Waals surface area contributed by atoms with Crippen LogP contribution in [0.15, 0.2) is 67.4 Å². The molecular formula is C19H13FN6. The smallest absolute Gasteiger partial charge is 0.180 e. The summed E-state index contributed by atoms with van der Waals surface area (Å²) in [7, 11) is 0. The molecule has 0 saturated carbocycles. The lowest BCUT2D eigenvalue weighted by Gasteiger charge is -2.14. The van der Waals surface area contributed by atoms with E-state index in [0.717, 1.165) is 22.5 Å². The minimum absolute atomic E-state index is 0.299. The Morgan fingerprint density at radius 2 is 1.65 bits per heavy atom. The fraction of sp³-hybridized carbons (Fsp3) is 0. The van der Waals surface area contributed by atoms with Crippen molar-refractivity contribution in [3.8, 4) is 22.5 Å². The molecule has 0 unspecified atom stereocenters. The minimum atomic E-state index is -0.299. The van der Waals surface area contributed by atoms with Gasteiger partial charge in [0.25, 0.3) is 0 Å². The third-order valence-corrected chi connectivity index (χ3v) is 4.35. The average molecular weight is 344 g/mol. The van der Waals surface area contributed by atoms with Gasteiger partial charge in [0.15, 0.2) is 11.5 Å². The number of halogens is 1. The van der Waals surface area contributed by atoms with Crippen molar-refractivity contribution in [1.29, 1.82) is 0 Å². The summed E-state index contributed by atoms with van der Waals surface area (Å²) in [6.45, 7) is 0. The van der Waals surface area contributed by atoms with E-state index in [0.29, 0.717) is 17.2 Å². The van der Waals surface area contributed by atoms with Gasteiger partial charge >= 0.3 is 0 Å². The third kappa shape index (κ3) is 2.14. The highest BCUT2D eigenvalue weighted by atomic mass is 19.1. The Morgan fingerprint density at radius 1 is 0.885 bits per heavy atom. The molecule has 0 aliphatic carbocycles. The quantitative estimate of drug-likeness (QED) is 0.532. The molecule has 0 radical (unpaired) electrons. The topological polar surface area (TPSA) is 73.5 Å². The summed E-state index contributed by atoms with van der Waals surface area (Å²) >= 11 is 0. The SMILES string of the molecule is Nc1nc(-c2ccc(F)cc2)c(-c2ccc3nccn3c2)n2ccnc12. The summed E-state index contributed by atoms with van der Waals surface area (Å²) in [5.74, 6) is 0.0219. The first-order valence-corrected chi connectivity index (χ1v) is 8.02. The largest absolute Gasteiger partial charge is 0.381 e. The number of anilines is 1. The molecular weight excluding hydrogens is 331 g/mol. The Bertz CT molecular complexity index is 1250. The van der Waals surface area contributed by atoms with Crippen molar-refractivity contribution in [2.45, 2.75) is 0 Å². The van der Waals surface area contributed by atoms with Crippen LogP contribution in [0.5, 0.6) is 0 Å². The molecule has 7 heteroatoms. The van der Waals surface area contributed by atoms with Crippen molar-refractivity contribution in [3.05, 3.63) is 73.2 Å². The number of nitrogen functional groups attached to an aromatic ring is 1. The summed E-state index contributed by atoms with van der Waals surface area (Å²) in [6, 6.07) is 10.1. The Balaban J connectivity index is 1.86. The van der Waals surface area contributed by atoms with E-state index < -0.39 is 0 Å². The Kier molecular flexibility index (Phi) is 3.02. The number of rotatable bonds is 2. The van der Waals surface area contributed by atoms with Crippen molar-refractivity contribution in [2.75, 3.05) is 5.73 Å². The number of nitrogens with two attached hydrogens (primary N) is 1. The molecule has 2 N–H and O–H groups in total. The molecule has 0 saturated heterocycles. The standard InChI is InChI=1S/C19H13FN6/c20-14-4-1-12(2-5-14)16-17(26-10-8-23-19(26)18(21)24-16)13-3-6-15-22-7-9-25(15)11-13/h1-11H,(H2,21,24). The lowest BCUT2D eigenvalue weighted by atomic mass is 10.0. The number of imidazole rings is 2. The Hall–Kier alpha value is -3.74. The second-order valence-corrected chi connectivity index (χ2v) is 5.93. The van der Waals surface area contributed by atoms with Crippen LogP contribution in [-0.2, 0) is 0 Å². The van der Waals surface area contributed by atoms with E-state index in [2.05, 4.69) is 15.0 Å². The zero-order chi connectivity index (χ0) is 17.7. The predicted molar refractivity (Wildman–Crippen MR) is 97.0 cm³/mol. The normalized spacial score (nSPS) is 11.4. The number of nitrogens with zero attached hydrogens (tertiary/aromatic N) is 5. The van der Waals surface area contributed by atoms with Crippen molar-refractivity contribution in [1.82, 2.24) is 23.8 Å². The summed E-state index contributed by atoms with van der Waals surface area (Å²) in [5.41, 5.74) is 10.7. The molecule has 0 aliphatic rings. The maximum atomic E-state index is 13.4. The van der Waals surface area contributed by atoms with Crippen LogP contribution in [0, 0.1) is 5.82 Å². The highest BCUT2D eigenvalue weighted by Gasteiger charge is 2.17. The van der Waals surface area contributed by atoms with Gasteiger partial charge in [0.2, 0.25) is 0 Å². The summed E-state index contributed by atoms with van der Waals surface area (Å²) in [6.07, 6.45) is 9.12. The first-order chi connectivity index (χ1) is 12.7. The molecule has 6 nitrogen and oxygen atoms in total. The highest BCUT2D eigenvalue weighted by Crippen LogP contribution is 2.33. The number of hydrogen-bond acceptors (Lipinski definition) is 4. The molecule has 1 aromatic carbocycles. The van der Waals surface area contributed by atoms with Gasteiger partial charge in [0.05, 0.1) is 11.4 Å². The average Bonchev–Trinajstić information content (AvgIpc) is 3.31. The molecule has 0 amide bonds. The molecule has 0 atom stereocenters. The van der Waals surface area contributed by atoms with E-state index in [4.69, 9.17) is 5.73 Å². The number of aromatic nitrogens is 5. The second kappa shape index (κ2) is 5.38. The fourth-order valence-electron chi connectivity index (χ4n) is 3.16. The van der Waals surface area contributed by atoms with Gasteiger partial charge in [-0.2, -0.15) is 0 Å². The number of hydrogen-bond donors (Lipinski definition) is 1. The lowest BCUT2D eigenvalue weighted by Crippen LogP contribution is -2.04. The second-order valence-electron chi connectivity index (χ2n) is 5.93. The van der Waals surface area contributed by atoms with Gasteiger partial charge in [0, 0.05) is 42.1 Å². The first kappa shape index (κ1) is 14.6. The van der Waals surface area contributed by atoms with E-state index in [1.54, 1.807) is 24.5 Å². The van der Waals surface area contributed by atoms with Crippen molar-refractivity contribution < 1.29 is 4.39 Å². The fourth-order valence-corrected chi connectivity index (χ4v) is 3.16. The van der Waals surface area contributed by atoms with Crippen LogP contribution in [0.1, 0.15) is 0 Å². The van der Waals surface area contributed by atoms with Crippen LogP contribution in [-0.4, -0.2) is 23.8 Å². The molecule has 26 heavy (non-hydrogen) atoms. The minimum Gasteiger partial charge on any atom is -0.381 e.